The average Bonchev–Trinajstić information content (AvgIpc) is 3.57. The van der Waals surface area contributed by atoms with Gasteiger partial charge in [0.1, 0.15) is 23.4 Å². The molecule has 9 nitrogen and oxygen atoms in total. The average molecular weight is 556 g/mol. The molecule has 1 N–H and O–H groups in total. The molecule has 0 spiro atoms. The first-order chi connectivity index (χ1) is 18.0. The van der Waals surface area contributed by atoms with E-state index in [1.54, 1.807) is 21.0 Å². The molecule has 3 aliphatic heterocycles. The summed E-state index contributed by atoms with van der Waals surface area (Å²) in [6, 6.07) is 0.287. The lowest BCUT2D eigenvalue weighted by Crippen LogP contribution is -2.54. The van der Waals surface area contributed by atoms with Gasteiger partial charge in [-0.15, -0.1) is 0 Å². The fourth-order valence-corrected chi connectivity index (χ4v) is 6.74. The number of cyclic esters (lactones) is 1. The van der Waals surface area contributed by atoms with Crippen LogP contribution in [0.3, 0.4) is 0 Å². The molecule has 7 unspecified atom stereocenters. The maximum Gasteiger partial charge on any atom is 0.316 e. The van der Waals surface area contributed by atoms with Gasteiger partial charge in [-0.3, -0.25) is 9.59 Å². The lowest BCUT2D eigenvalue weighted by atomic mass is 9.72. The Kier molecular flexibility index (Phi) is 9.99. The van der Waals surface area contributed by atoms with Crippen molar-refractivity contribution in [3.63, 3.8) is 0 Å². The van der Waals surface area contributed by atoms with Crippen molar-refractivity contribution in [3.8, 4) is 0 Å². The summed E-state index contributed by atoms with van der Waals surface area (Å²) in [5, 5.41) is 11.6. The topological polar surface area (TPSA) is 107 Å². The van der Waals surface area contributed by atoms with Crippen LogP contribution in [0.2, 0.25) is 0 Å². The number of hydrogen-bond acceptors (Lipinski definition) is 9. The zero-order chi connectivity index (χ0) is 29.5. The molecule has 0 aliphatic carbocycles. The van der Waals surface area contributed by atoms with Crippen molar-refractivity contribution in [1.29, 1.82) is 0 Å². The third-order valence-corrected chi connectivity index (χ3v) is 10.0. The van der Waals surface area contributed by atoms with Gasteiger partial charge in [0.2, 0.25) is 0 Å². The van der Waals surface area contributed by atoms with Crippen LogP contribution in [0, 0.1) is 17.8 Å². The largest absolute Gasteiger partial charge is 0.459 e. The van der Waals surface area contributed by atoms with Crippen LogP contribution in [0.25, 0.3) is 0 Å². The molecule has 3 heterocycles. The Bertz CT molecular complexity index is 879. The monoisotopic (exact) mass is 555 g/mol. The summed E-state index contributed by atoms with van der Waals surface area (Å²) in [6.45, 7) is 15.2. The Morgan fingerprint density at radius 2 is 1.72 bits per heavy atom. The van der Waals surface area contributed by atoms with Gasteiger partial charge in [0.15, 0.2) is 6.29 Å². The van der Waals surface area contributed by atoms with Crippen LogP contribution in [0.15, 0.2) is 0 Å². The molecule has 226 valence electrons. The van der Waals surface area contributed by atoms with Crippen molar-refractivity contribution < 1.29 is 38.4 Å². The Hall–Kier alpha value is -1.10. The summed E-state index contributed by atoms with van der Waals surface area (Å²) in [5.74, 6) is -2.23. The van der Waals surface area contributed by atoms with Crippen molar-refractivity contribution in [3.05, 3.63) is 0 Å². The fraction of sp³-hybridized carbons (Fsp3) is 0.933. The molecule has 0 amide bonds. The minimum absolute atomic E-state index is 0.00724. The summed E-state index contributed by atoms with van der Waals surface area (Å²) in [6.07, 6.45) is 0.459. The van der Waals surface area contributed by atoms with E-state index in [4.69, 9.17) is 23.7 Å². The number of hydrogen-bond donors (Lipinski definition) is 1. The number of ether oxygens (including phenoxy) is 5. The number of carbonyl (C=O) groups excluding carboxylic acids is 2. The van der Waals surface area contributed by atoms with Crippen LogP contribution in [0.1, 0.15) is 87.5 Å². The number of ketones is 1. The normalized spacial score (nSPS) is 48.3. The third kappa shape index (κ3) is 6.70. The SMILES string of the molecule is CC[C@H]1OC(=O)C(C)C(=O)C[C@@H](OC2CC(N(C)C)CC(C)O2)[C@](C)(OC)C[C@@H](C)C2OC2(C)C(C)[C@]1(C)O. The summed E-state index contributed by atoms with van der Waals surface area (Å²) in [7, 11) is 5.73. The van der Waals surface area contributed by atoms with Gasteiger partial charge in [-0.25, -0.2) is 0 Å². The minimum atomic E-state index is -1.34. The zero-order valence-electron chi connectivity index (χ0n) is 26.0. The van der Waals surface area contributed by atoms with Crippen molar-refractivity contribution in [2.45, 2.75) is 141 Å². The molecule has 0 bridgehead atoms. The number of epoxide rings is 1. The number of rotatable bonds is 5. The third-order valence-electron chi connectivity index (χ3n) is 10.0. The molecule has 0 aromatic carbocycles. The lowest BCUT2D eigenvalue weighted by molar-refractivity contribution is -0.255. The number of fused-ring (bicyclic) bond motifs is 1. The number of nitrogens with zero attached hydrogens (tertiary/aromatic N) is 1. The van der Waals surface area contributed by atoms with Crippen molar-refractivity contribution in [1.82, 2.24) is 4.90 Å². The number of esters is 1. The molecule has 3 fully saturated rings. The number of Topliss-reactive ketones (excluding diaryl/α,β-unsaturated/α-hetero) is 1. The highest BCUT2D eigenvalue weighted by Crippen LogP contribution is 2.53. The van der Waals surface area contributed by atoms with Gasteiger partial charge in [-0.05, 0) is 73.9 Å². The predicted octanol–water partition coefficient (Wildman–Crippen LogP) is 3.73. The summed E-state index contributed by atoms with van der Waals surface area (Å²) in [4.78, 5) is 28.9. The molecule has 3 saturated heterocycles. The minimum Gasteiger partial charge on any atom is -0.459 e. The molecule has 0 aromatic heterocycles. The summed E-state index contributed by atoms with van der Waals surface area (Å²) < 4.78 is 31.0. The Morgan fingerprint density at radius 3 is 2.28 bits per heavy atom. The Morgan fingerprint density at radius 1 is 1.08 bits per heavy atom. The summed E-state index contributed by atoms with van der Waals surface area (Å²) in [5.41, 5.74) is -2.79. The lowest BCUT2D eigenvalue weighted by Gasteiger charge is -2.43. The Balaban J connectivity index is 1.96. The van der Waals surface area contributed by atoms with Crippen molar-refractivity contribution in [2.75, 3.05) is 21.2 Å². The van der Waals surface area contributed by atoms with Crippen LogP contribution in [-0.2, 0) is 33.3 Å². The van der Waals surface area contributed by atoms with E-state index < -0.39 is 47.2 Å². The highest BCUT2D eigenvalue weighted by atomic mass is 16.7. The second kappa shape index (κ2) is 12.0. The number of carbonyl (C=O) groups is 2. The standard InChI is InChI=1S/C30H53NO8/c1-12-23-29(7,34)20(5)30(8)26(39-30)17(2)16-28(6,35-11)24(15-22(32)19(4)27(33)38-23)37-25-14-21(31(9)10)13-18(3)36-25/h17-21,23-26,34H,12-16H2,1-11H3/t17-,18?,19?,20?,21?,23-,24-,25?,26?,28-,29+,30?/m1/s1. The van der Waals surface area contributed by atoms with Crippen LogP contribution in [-0.4, -0.2) is 96.5 Å². The molecule has 12 atom stereocenters. The molecule has 0 aromatic rings. The van der Waals surface area contributed by atoms with Gasteiger partial charge in [0.25, 0.3) is 0 Å². The number of methoxy groups -OCH3 is 1. The first kappa shape index (κ1) is 32.4. The number of aliphatic hydroxyl groups is 1. The van der Waals surface area contributed by atoms with Crippen molar-refractivity contribution in [2.24, 2.45) is 17.8 Å². The first-order valence-corrected chi connectivity index (χ1v) is 14.7. The molecule has 9 heteroatoms. The molecule has 0 saturated carbocycles. The van der Waals surface area contributed by atoms with Gasteiger partial charge < -0.3 is 33.7 Å². The van der Waals surface area contributed by atoms with E-state index in [1.165, 1.54) is 0 Å². The molecular weight excluding hydrogens is 502 g/mol. The summed E-state index contributed by atoms with van der Waals surface area (Å²) >= 11 is 0. The van der Waals surface area contributed by atoms with E-state index in [1.807, 2.05) is 48.7 Å². The second-order valence-electron chi connectivity index (χ2n) is 13.2. The van der Waals surface area contributed by atoms with E-state index in [9.17, 15) is 14.7 Å². The van der Waals surface area contributed by atoms with Gasteiger partial charge in [-0.2, -0.15) is 0 Å². The van der Waals surface area contributed by atoms with E-state index >= 15 is 0 Å². The highest BCUT2D eigenvalue weighted by Gasteiger charge is 2.64. The van der Waals surface area contributed by atoms with Crippen LogP contribution in [0.4, 0.5) is 0 Å². The maximum atomic E-state index is 13.5. The van der Waals surface area contributed by atoms with E-state index in [0.717, 1.165) is 6.42 Å². The molecule has 0 radical (unpaired) electrons. The smallest absolute Gasteiger partial charge is 0.316 e. The maximum absolute atomic E-state index is 13.5. The van der Waals surface area contributed by atoms with E-state index in [0.29, 0.717) is 19.3 Å². The van der Waals surface area contributed by atoms with Crippen molar-refractivity contribution >= 4 is 11.8 Å². The highest BCUT2D eigenvalue weighted by molar-refractivity contribution is 5.98. The first-order valence-electron chi connectivity index (χ1n) is 14.7. The van der Waals surface area contributed by atoms with Gasteiger partial charge >= 0.3 is 5.97 Å². The molecule has 3 aliphatic rings. The zero-order valence-corrected chi connectivity index (χ0v) is 26.0. The van der Waals surface area contributed by atoms with Gasteiger partial charge in [-0.1, -0.05) is 20.8 Å². The van der Waals surface area contributed by atoms with E-state index in [2.05, 4.69) is 11.8 Å². The van der Waals surface area contributed by atoms with Crippen LogP contribution < -0.4 is 0 Å². The molecule has 3 rings (SSSR count). The van der Waals surface area contributed by atoms with Crippen LogP contribution in [0.5, 0.6) is 0 Å². The van der Waals surface area contributed by atoms with Gasteiger partial charge in [0, 0.05) is 31.9 Å². The van der Waals surface area contributed by atoms with Gasteiger partial charge in [0.05, 0.1) is 29.5 Å². The molecular formula is C30H53NO8. The second-order valence-corrected chi connectivity index (χ2v) is 13.2. The quantitative estimate of drug-likeness (QED) is 0.308. The fourth-order valence-electron chi connectivity index (χ4n) is 6.74. The molecule has 39 heavy (non-hydrogen) atoms. The Labute approximate surface area is 235 Å². The van der Waals surface area contributed by atoms with E-state index in [-0.39, 0.29) is 42.3 Å². The van der Waals surface area contributed by atoms with Crippen LogP contribution >= 0.6 is 0 Å². The predicted molar refractivity (Wildman–Crippen MR) is 147 cm³/mol.